The Morgan fingerprint density at radius 3 is 2.65 bits per heavy atom. The normalized spacial score (nSPS) is 13.0. The molecule has 0 aliphatic carbocycles. The highest BCUT2D eigenvalue weighted by molar-refractivity contribution is 6.33. The number of halogens is 4. The van der Waals surface area contributed by atoms with Crippen LogP contribution in [0.15, 0.2) is 24.8 Å². The average Bonchev–Trinajstić information content (AvgIpc) is 2.89. The van der Waals surface area contributed by atoms with E-state index in [1.807, 2.05) is 0 Å². The molecule has 0 aliphatic rings. The second-order valence-corrected chi connectivity index (χ2v) is 5.10. The number of hydrogen-bond acceptors (Lipinski definition) is 4. The molecule has 6 nitrogen and oxygen atoms in total. The minimum Gasteiger partial charge on any atom is -0.394 e. The van der Waals surface area contributed by atoms with Crippen LogP contribution in [0.4, 0.5) is 13.2 Å². The Morgan fingerprint density at radius 1 is 1.48 bits per heavy atom. The van der Waals surface area contributed by atoms with Crippen molar-refractivity contribution < 1.29 is 23.1 Å². The van der Waals surface area contributed by atoms with Gasteiger partial charge in [-0.25, -0.2) is 9.97 Å². The third-order valence-electron chi connectivity index (χ3n) is 3.08. The second-order valence-electron chi connectivity index (χ2n) is 4.69. The molecule has 2 aromatic heterocycles. The van der Waals surface area contributed by atoms with Crippen molar-refractivity contribution in [3.63, 3.8) is 0 Å². The van der Waals surface area contributed by atoms with Gasteiger partial charge in [-0.1, -0.05) is 11.6 Å². The highest BCUT2D eigenvalue weighted by Crippen LogP contribution is 2.31. The van der Waals surface area contributed by atoms with Crippen LogP contribution in [-0.2, 0) is 13.2 Å². The average molecular weight is 349 g/mol. The molecule has 2 rings (SSSR count). The minimum atomic E-state index is -4.60. The molecular formula is C13H12ClF3N4O2. The van der Waals surface area contributed by atoms with Crippen LogP contribution in [0.3, 0.4) is 0 Å². The number of imidazole rings is 1. The number of aliphatic hydroxyl groups is 1. The van der Waals surface area contributed by atoms with Gasteiger partial charge in [0, 0.05) is 13.2 Å². The first-order valence-electron chi connectivity index (χ1n) is 6.34. The number of hydrogen-bond donors (Lipinski definition) is 2. The van der Waals surface area contributed by atoms with E-state index in [-0.39, 0.29) is 5.69 Å². The summed E-state index contributed by atoms with van der Waals surface area (Å²) >= 11 is 5.71. The first-order valence-corrected chi connectivity index (χ1v) is 6.72. The maximum Gasteiger partial charge on any atom is 0.417 e. The highest BCUT2D eigenvalue weighted by Gasteiger charge is 2.32. The Bertz CT molecular complexity index is 717. The fourth-order valence-corrected chi connectivity index (χ4v) is 2.16. The highest BCUT2D eigenvalue weighted by atomic mass is 35.5. The third-order valence-corrected chi connectivity index (χ3v) is 3.37. The summed E-state index contributed by atoms with van der Waals surface area (Å²) in [7, 11) is 1.67. The molecule has 2 N–H and O–H groups in total. The SMILES string of the molecule is Cn1cncc1C(CO)NC(=O)c1ncc(C(F)(F)F)cc1Cl. The van der Waals surface area contributed by atoms with E-state index < -0.39 is 35.3 Å². The molecule has 0 aliphatic heterocycles. The van der Waals surface area contributed by atoms with Crippen molar-refractivity contribution in [2.24, 2.45) is 7.05 Å². The quantitative estimate of drug-likeness (QED) is 0.885. The molecule has 0 bridgehead atoms. The lowest BCUT2D eigenvalue weighted by molar-refractivity contribution is -0.137. The van der Waals surface area contributed by atoms with Gasteiger partial charge in [0.05, 0.1) is 41.5 Å². The summed E-state index contributed by atoms with van der Waals surface area (Å²) in [5, 5.41) is 11.4. The lowest BCUT2D eigenvalue weighted by atomic mass is 10.2. The van der Waals surface area contributed by atoms with E-state index in [0.717, 1.165) is 0 Å². The van der Waals surface area contributed by atoms with E-state index >= 15 is 0 Å². The smallest absolute Gasteiger partial charge is 0.394 e. The molecule has 2 aromatic rings. The predicted molar refractivity (Wildman–Crippen MR) is 74.8 cm³/mol. The Hall–Kier alpha value is -2.13. The van der Waals surface area contributed by atoms with E-state index in [2.05, 4.69) is 15.3 Å². The lowest BCUT2D eigenvalue weighted by Gasteiger charge is -2.17. The standard InChI is InChI=1S/C13H12ClF3N4O2/c1-21-6-18-4-10(21)9(5-22)20-12(23)11-8(14)2-7(3-19-11)13(15,16)17/h2-4,6,9,22H,5H2,1H3,(H,20,23). The molecule has 0 saturated heterocycles. The number of aryl methyl sites for hydroxylation is 1. The zero-order valence-corrected chi connectivity index (χ0v) is 12.6. The van der Waals surface area contributed by atoms with Crippen LogP contribution in [0, 0.1) is 0 Å². The molecule has 0 spiro atoms. The van der Waals surface area contributed by atoms with Gasteiger partial charge < -0.3 is 15.0 Å². The molecule has 1 atom stereocenters. The van der Waals surface area contributed by atoms with Crippen molar-refractivity contribution in [1.29, 1.82) is 0 Å². The van der Waals surface area contributed by atoms with Gasteiger partial charge in [0.2, 0.25) is 0 Å². The van der Waals surface area contributed by atoms with Gasteiger partial charge in [-0.2, -0.15) is 13.2 Å². The predicted octanol–water partition coefficient (Wildman–Crippen LogP) is 1.95. The number of aromatic nitrogens is 3. The fourth-order valence-electron chi connectivity index (χ4n) is 1.90. The summed E-state index contributed by atoms with van der Waals surface area (Å²) in [4.78, 5) is 19.5. The van der Waals surface area contributed by atoms with E-state index in [1.165, 1.54) is 12.5 Å². The van der Waals surface area contributed by atoms with Gasteiger partial charge in [0.1, 0.15) is 5.69 Å². The van der Waals surface area contributed by atoms with Crippen molar-refractivity contribution in [2.75, 3.05) is 6.61 Å². The number of pyridine rings is 1. The second kappa shape index (κ2) is 6.55. The summed E-state index contributed by atoms with van der Waals surface area (Å²) in [6.07, 6.45) is -1.15. The van der Waals surface area contributed by atoms with E-state index in [0.29, 0.717) is 18.0 Å². The summed E-state index contributed by atoms with van der Waals surface area (Å²) < 4.78 is 39.2. The Balaban J connectivity index is 2.22. The van der Waals surface area contributed by atoms with Gasteiger partial charge in [-0.15, -0.1) is 0 Å². The fraction of sp³-hybridized carbons (Fsp3) is 0.308. The number of nitrogens with zero attached hydrogens (tertiary/aromatic N) is 3. The van der Waals surface area contributed by atoms with Gasteiger partial charge in [0.15, 0.2) is 0 Å². The number of amides is 1. The monoisotopic (exact) mass is 348 g/mol. The van der Waals surface area contributed by atoms with Crippen LogP contribution in [0.2, 0.25) is 5.02 Å². The molecule has 0 radical (unpaired) electrons. The number of alkyl halides is 3. The summed E-state index contributed by atoms with van der Waals surface area (Å²) in [5.74, 6) is -0.802. The summed E-state index contributed by atoms with van der Waals surface area (Å²) in [6.45, 7) is -0.427. The van der Waals surface area contributed by atoms with Crippen LogP contribution in [0.1, 0.15) is 27.8 Å². The maximum absolute atomic E-state index is 12.6. The molecule has 2 heterocycles. The Labute approximate surface area is 133 Å². The van der Waals surface area contributed by atoms with E-state index in [1.54, 1.807) is 11.6 Å². The van der Waals surface area contributed by atoms with Crippen molar-refractivity contribution in [3.05, 3.63) is 46.8 Å². The lowest BCUT2D eigenvalue weighted by Crippen LogP contribution is -2.32. The van der Waals surface area contributed by atoms with Gasteiger partial charge in [0.25, 0.3) is 5.91 Å². The number of aliphatic hydroxyl groups excluding tert-OH is 1. The Morgan fingerprint density at radius 2 is 2.17 bits per heavy atom. The number of carbonyl (C=O) groups is 1. The molecule has 1 unspecified atom stereocenters. The summed E-state index contributed by atoms with van der Waals surface area (Å²) in [6, 6.07) is -0.170. The van der Waals surface area contributed by atoms with Crippen molar-refractivity contribution in [2.45, 2.75) is 12.2 Å². The van der Waals surface area contributed by atoms with Crippen LogP contribution < -0.4 is 5.32 Å². The van der Waals surface area contributed by atoms with E-state index in [9.17, 15) is 23.1 Å². The van der Waals surface area contributed by atoms with Crippen molar-refractivity contribution in [3.8, 4) is 0 Å². The molecule has 0 aromatic carbocycles. The van der Waals surface area contributed by atoms with Crippen LogP contribution in [0.5, 0.6) is 0 Å². The molecule has 1 amide bonds. The van der Waals surface area contributed by atoms with Crippen LogP contribution in [0.25, 0.3) is 0 Å². The molecular weight excluding hydrogens is 337 g/mol. The zero-order chi connectivity index (χ0) is 17.2. The van der Waals surface area contributed by atoms with Crippen molar-refractivity contribution >= 4 is 17.5 Å². The summed E-state index contributed by atoms with van der Waals surface area (Å²) in [5.41, 5.74) is -0.895. The van der Waals surface area contributed by atoms with Crippen molar-refractivity contribution in [1.82, 2.24) is 19.9 Å². The topological polar surface area (TPSA) is 80.0 Å². The molecule has 0 fully saturated rings. The number of nitrogens with one attached hydrogen (secondary N) is 1. The van der Waals surface area contributed by atoms with E-state index in [4.69, 9.17) is 11.6 Å². The molecule has 124 valence electrons. The first kappa shape index (κ1) is 17.2. The third kappa shape index (κ3) is 3.80. The number of carbonyl (C=O) groups excluding carboxylic acids is 1. The largest absolute Gasteiger partial charge is 0.417 e. The Kier molecular flexibility index (Phi) is 4.90. The first-order chi connectivity index (χ1) is 10.7. The van der Waals surface area contributed by atoms with Crippen LogP contribution >= 0.6 is 11.6 Å². The van der Waals surface area contributed by atoms with Crippen LogP contribution in [-0.4, -0.2) is 32.2 Å². The van der Waals surface area contributed by atoms with Gasteiger partial charge in [-0.3, -0.25) is 4.79 Å². The maximum atomic E-state index is 12.6. The zero-order valence-electron chi connectivity index (χ0n) is 11.8. The molecule has 10 heteroatoms. The molecule has 23 heavy (non-hydrogen) atoms. The molecule has 0 saturated carbocycles. The minimum absolute atomic E-state index is 0.361. The van der Waals surface area contributed by atoms with Gasteiger partial charge >= 0.3 is 6.18 Å². The van der Waals surface area contributed by atoms with Gasteiger partial charge in [-0.05, 0) is 6.07 Å². The number of rotatable bonds is 4.